The Labute approximate surface area is 105 Å². The van der Waals surface area contributed by atoms with Gasteiger partial charge in [-0.05, 0) is 37.5 Å². The third-order valence-electron chi connectivity index (χ3n) is 3.40. The Kier molecular flexibility index (Phi) is 3.04. The van der Waals surface area contributed by atoms with Crippen LogP contribution in [0.1, 0.15) is 30.4 Å². The third kappa shape index (κ3) is 2.25. The van der Waals surface area contributed by atoms with Crippen molar-refractivity contribution in [2.24, 2.45) is 0 Å². The fourth-order valence-electron chi connectivity index (χ4n) is 2.22. The predicted molar refractivity (Wildman–Crippen MR) is 65.9 cm³/mol. The molecule has 1 saturated carbocycles. The van der Waals surface area contributed by atoms with Gasteiger partial charge in [0.2, 0.25) is 0 Å². The lowest BCUT2D eigenvalue weighted by atomic mass is 9.91. The molecule has 0 heterocycles. The van der Waals surface area contributed by atoms with E-state index in [9.17, 15) is 4.79 Å². The van der Waals surface area contributed by atoms with Crippen LogP contribution in [-0.2, 0) is 10.2 Å². The lowest BCUT2D eigenvalue weighted by Gasteiger charge is -2.18. The first kappa shape index (κ1) is 12.2. The van der Waals surface area contributed by atoms with E-state index >= 15 is 0 Å². The Hall–Kier alpha value is -1.22. The van der Waals surface area contributed by atoms with Crippen molar-refractivity contribution in [1.82, 2.24) is 0 Å². The average Bonchev–Trinajstić information content (AvgIpc) is 3.01. The number of rotatable bonds is 4. The molecule has 0 saturated heterocycles. The topological polar surface area (TPSA) is 46.5 Å². The molecule has 0 spiro atoms. The minimum absolute atomic E-state index is 0.142. The number of aryl methyl sites for hydroxylation is 1. The number of benzene rings is 1. The molecule has 0 aromatic heterocycles. The van der Waals surface area contributed by atoms with Gasteiger partial charge in [-0.25, -0.2) is 0 Å². The van der Waals surface area contributed by atoms with E-state index in [4.69, 9.17) is 21.4 Å². The van der Waals surface area contributed by atoms with Crippen molar-refractivity contribution in [2.45, 2.75) is 31.6 Å². The lowest BCUT2D eigenvalue weighted by Crippen LogP contribution is -2.14. The molecular formula is C13H15ClO3. The van der Waals surface area contributed by atoms with Crippen LogP contribution in [-0.4, -0.2) is 18.2 Å². The summed E-state index contributed by atoms with van der Waals surface area (Å²) in [5.74, 6) is -0.0353. The molecule has 1 aromatic carbocycles. The summed E-state index contributed by atoms with van der Waals surface area (Å²) in [7, 11) is 1.60. The monoisotopic (exact) mass is 254 g/mol. The Morgan fingerprint density at radius 3 is 2.65 bits per heavy atom. The zero-order chi connectivity index (χ0) is 12.6. The van der Waals surface area contributed by atoms with Crippen molar-refractivity contribution >= 4 is 17.6 Å². The molecule has 0 amide bonds. The number of hydrogen-bond donors (Lipinski definition) is 1. The zero-order valence-corrected chi connectivity index (χ0v) is 10.7. The van der Waals surface area contributed by atoms with Crippen LogP contribution in [0.15, 0.2) is 12.1 Å². The van der Waals surface area contributed by atoms with Crippen LogP contribution in [0, 0.1) is 6.92 Å². The second-order valence-electron chi connectivity index (χ2n) is 4.65. The molecule has 1 aliphatic carbocycles. The van der Waals surface area contributed by atoms with Gasteiger partial charge in [0.05, 0.1) is 13.5 Å². The maximum atomic E-state index is 10.9. The summed E-state index contributed by atoms with van der Waals surface area (Å²) >= 11 is 6.11. The number of hydrogen-bond acceptors (Lipinski definition) is 2. The predicted octanol–water partition coefficient (Wildman–Crippen LogP) is 3.16. The second kappa shape index (κ2) is 4.22. The van der Waals surface area contributed by atoms with Gasteiger partial charge in [0, 0.05) is 16.0 Å². The SMILES string of the molecule is COc1cc(C)c(Cl)cc1C1(CC(=O)O)CC1. The number of aliphatic carboxylic acids is 1. The van der Waals surface area contributed by atoms with Crippen LogP contribution in [0.25, 0.3) is 0 Å². The highest BCUT2D eigenvalue weighted by Gasteiger charge is 2.47. The van der Waals surface area contributed by atoms with Gasteiger partial charge >= 0.3 is 5.97 Å². The average molecular weight is 255 g/mol. The largest absolute Gasteiger partial charge is 0.496 e. The van der Waals surface area contributed by atoms with Crippen molar-refractivity contribution in [3.63, 3.8) is 0 Å². The van der Waals surface area contributed by atoms with Gasteiger partial charge in [-0.3, -0.25) is 4.79 Å². The van der Waals surface area contributed by atoms with E-state index in [0.717, 1.165) is 29.7 Å². The summed E-state index contributed by atoms with van der Waals surface area (Å²) in [5, 5.41) is 9.63. The summed E-state index contributed by atoms with van der Waals surface area (Å²) in [4.78, 5) is 10.9. The molecule has 1 aliphatic rings. The highest BCUT2D eigenvalue weighted by Crippen LogP contribution is 2.54. The molecule has 2 rings (SSSR count). The standard InChI is InChI=1S/C13H15ClO3/c1-8-5-11(17-2)9(6-10(8)14)13(3-4-13)7-12(15)16/h5-6H,3-4,7H2,1-2H3,(H,15,16). The molecule has 17 heavy (non-hydrogen) atoms. The Bertz CT molecular complexity index is 464. The molecule has 1 N–H and O–H groups in total. The second-order valence-corrected chi connectivity index (χ2v) is 5.06. The maximum Gasteiger partial charge on any atom is 0.304 e. The molecule has 0 unspecified atom stereocenters. The number of carbonyl (C=O) groups is 1. The highest BCUT2D eigenvalue weighted by atomic mass is 35.5. The number of carboxylic acid groups (broad SMARTS) is 1. The lowest BCUT2D eigenvalue weighted by molar-refractivity contribution is -0.137. The van der Waals surface area contributed by atoms with Gasteiger partial charge < -0.3 is 9.84 Å². The first-order chi connectivity index (χ1) is 7.98. The minimum Gasteiger partial charge on any atom is -0.496 e. The summed E-state index contributed by atoms with van der Waals surface area (Å²) < 4.78 is 5.34. The summed E-state index contributed by atoms with van der Waals surface area (Å²) in [6.45, 7) is 1.91. The molecule has 0 bridgehead atoms. The number of carboxylic acids is 1. The summed E-state index contributed by atoms with van der Waals surface area (Å²) in [5.41, 5.74) is 1.60. The molecule has 92 valence electrons. The van der Waals surface area contributed by atoms with Gasteiger partial charge in [0.25, 0.3) is 0 Å². The fraction of sp³-hybridized carbons (Fsp3) is 0.462. The smallest absolute Gasteiger partial charge is 0.304 e. The number of methoxy groups -OCH3 is 1. The van der Waals surface area contributed by atoms with E-state index in [1.807, 2.05) is 19.1 Å². The number of halogens is 1. The highest BCUT2D eigenvalue weighted by molar-refractivity contribution is 6.31. The van der Waals surface area contributed by atoms with Crippen molar-refractivity contribution in [2.75, 3.05) is 7.11 Å². The molecular weight excluding hydrogens is 240 g/mol. The molecule has 0 aliphatic heterocycles. The van der Waals surface area contributed by atoms with E-state index in [1.165, 1.54) is 0 Å². The Morgan fingerprint density at radius 2 is 2.18 bits per heavy atom. The van der Waals surface area contributed by atoms with Crippen molar-refractivity contribution in [3.8, 4) is 5.75 Å². The molecule has 4 heteroatoms. The molecule has 1 aromatic rings. The molecule has 1 fully saturated rings. The van der Waals surface area contributed by atoms with E-state index in [0.29, 0.717) is 5.02 Å². The van der Waals surface area contributed by atoms with Crippen molar-refractivity contribution < 1.29 is 14.6 Å². The van der Waals surface area contributed by atoms with Crippen LogP contribution < -0.4 is 4.74 Å². The van der Waals surface area contributed by atoms with Crippen LogP contribution >= 0.6 is 11.6 Å². The fourth-order valence-corrected chi connectivity index (χ4v) is 2.38. The van der Waals surface area contributed by atoms with Gasteiger partial charge in [-0.2, -0.15) is 0 Å². The van der Waals surface area contributed by atoms with Gasteiger partial charge in [0.15, 0.2) is 0 Å². The van der Waals surface area contributed by atoms with Crippen LogP contribution in [0.4, 0.5) is 0 Å². The molecule has 0 atom stereocenters. The minimum atomic E-state index is -0.777. The van der Waals surface area contributed by atoms with Crippen molar-refractivity contribution in [3.05, 3.63) is 28.3 Å². The van der Waals surface area contributed by atoms with Crippen LogP contribution in [0.2, 0.25) is 5.02 Å². The van der Waals surface area contributed by atoms with E-state index < -0.39 is 5.97 Å². The Balaban J connectivity index is 2.44. The normalized spacial score (nSPS) is 16.6. The first-order valence-electron chi connectivity index (χ1n) is 5.55. The quantitative estimate of drug-likeness (QED) is 0.898. The number of ether oxygens (including phenoxy) is 1. The van der Waals surface area contributed by atoms with E-state index in [2.05, 4.69) is 0 Å². The zero-order valence-electron chi connectivity index (χ0n) is 9.92. The third-order valence-corrected chi connectivity index (χ3v) is 3.80. The van der Waals surface area contributed by atoms with Crippen molar-refractivity contribution in [1.29, 1.82) is 0 Å². The summed E-state index contributed by atoms with van der Waals surface area (Å²) in [6, 6.07) is 3.73. The van der Waals surface area contributed by atoms with Crippen LogP contribution in [0.3, 0.4) is 0 Å². The maximum absolute atomic E-state index is 10.9. The molecule has 3 nitrogen and oxygen atoms in total. The van der Waals surface area contributed by atoms with Crippen LogP contribution in [0.5, 0.6) is 5.75 Å². The summed E-state index contributed by atoms with van der Waals surface area (Å²) in [6.07, 6.45) is 1.91. The van der Waals surface area contributed by atoms with E-state index in [1.54, 1.807) is 7.11 Å². The van der Waals surface area contributed by atoms with Gasteiger partial charge in [-0.1, -0.05) is 11.6 Å². The Morgan fingerprint density at radius 1 is 1.53 bits per heavy atom. The molecule has 0 radical (unpaired) electrons. The first-order valence-corrected chi connectivity index (χ1v) is 5.93. The van der Waals surface area contributed by atoms with Gasteiger partial charge in [-0.15, -0.1) is 0 Å². The van der Waals surface area contributed by atoms with E-state index in [-0.39, 0.29) is 11.8 Å². The van der Waals surface area contributed by atoms with Gasteiger partial charge in [0.1, 0.15) is 5.75 Å².